The molecule has 1 aliphatic carbocycles. The van der Waals surface area contributed by atoms with Gasteiger partial charge in [-0.25, -0.2) is 0 Å². The van der Waals surface area contributed by atoms with Crippen molar-refractivity contribution in [2.24, 2.45) is 5.73 Å². The summed E-state index contributed by atoms with van der Waals surface area (Å²) in [4.78, 5) is 0. The van der Waals surface area contributed by atoms with Gasteiger partial charge in [-0.2, -0.15) is 13.2 Å². The van der Waals surface area contributed by atoms with Crippen LogP contribution in [0.1, 0.15) is 30.4 Å². The number of methoxy groups -OCH3 is 1. The molecule has 1 fully saturated rings. The summed E-state index contributed by atoms with van der Waals surface area (Å²) in [5.74, 6) is 0.00988. The van der Waals surface area contributed by atoms with Gasteiger partial charge in [0.2, 0.25) is 0 Å². The highest BCUT2D eigenvalue weighted by Crippen LogP contribution is 2.47. The van der Waals surface area contributed by atoms with Crippen molar-refractivity contribution in [3.05, 3.63) is 28.3 Å². The Morgan fingerprint density at radius 2 is 1.94 bits per heavy atom. The molecule has 0 atom stereocenters. The Bertz CT molecular complexity index is 469. The first-order valence-electron chi connectivity index (χ1n) is 5.52. The molecule has 0 heterocycles. The van der Waals surface area contributed by atoms with E-state index in [1.165, 1.54) is 13.2 Å². The zero-order valence-corrected chi connectivity index (χ0v) is 10.5. The number of rotatable bonds is 2. The standard InChI is InChI=1S/C12H13ClF3NO/c1-18-10-6-8(12(14,15)16)7(5-9(10)13)11(17)3-2-4-11/h5-6H,2-4,17H2,1H3. The molecule has 1 saturated carbocycles. The topological polar surface area (TPSA) is 35.2 Å². The monoisotopic (exact) mass is 279 g/mol. The van der Waals surface area contributed by atoms with Crippen LogP contribution in [-0.4, -0.2) is 7.11 Å². The van der Waals surface area contributed by atoms with E-state index in [2.05, 4.69) is 0 Å². The Hall–Kier alpha value is -0.940. The van der Waals surface area contributed by atoms with Gasteiger partial charge in [0.05, 0.1) is 17.7 Å². The summed E-state index contributed by atoms with van der Waals surface area (Å²) in [5.41, 5.74) is 4.37. The van der Waals surface area contributed by atoms with E-state index in [0.717, 1.165) is 12.5 Å². The first-order chi connectivity index (χ1) is 8.28. The first-order valence-corrected chi connectivity index (χ1v) is 5.90. The summed E-state index contributed by atoms with van der Waals surface area (Å²) in [6.45, 7) is 0. The highest BCUT2D eigenvalue weighted by Gasteiger charge is 2.43. The summed E-state index contributed by atoms with van der Waals surface area (Å²) in [6, 6.07) is 2.20. The highest BCUT2D eigenvalue weighted by molar-refractivity contribution is 6.32. The van der Waals surface area contributed by atoms with Gasteiger partial charge in [-0.05, 0) is 37.0 Å². The Kier molecular flexibility index (Phi) is 3.23. The maximum absolute atomic E-state index is 13.0. The fourth-order valence-corrected chi connectivity index (χ4v) is 2.42. The lowest BCUT2D eigenvalue weighted by molar-refractivity contribution is -0.139. The molecule has 0 bridgehead atoms. The van der Waals surface area contributed by atoms with Crippen molar-refractivity contribution in [1.29, 1.82) is 0 Å². The molecular weight excluding hydrogens is 267 g/mol. The summed E-state index contributed by atoms with van der Waals surface area (Å²) in [5, 5.41) is 0.150. The summed E-state index contributed by atoms with van der Waals surface area (Å²) in [6.07, 6.45) is -2.55. The van der Waals surface area contributed by atoms with Gasteiger partial charge in [0.15, 0.2) is 0 Å². The van der Waals surface area contributed by atoms with Crippen LogP contribution in [0.5, 0.6) is 5.75 Å². The Labute approximate surface area is 108 Å². The molecule has 0 saturated heterocycles. The Balaban J connectivity index is 2.60. The third-order valence-corrected chi connectivity index (χ3v) is 3.67. The van der Waals surface area contributed by atoms with Crippen LogP contribution in [0.25, 0.3) is 0 Å². The van der Waals surface area contributed by atoms with Gasteiger partial charge in [-0.3, -0.25) is 0 Å². The maximum Gasteiger partial charge on any atom is 0.416 e. The number of benzene rings is 1. The minimum absolute atomic E-state index is 0.00988. The van der Waals surface area contributed by atoms with Crippen molar-refractivity contribution >= 4 is 11.6 Å². The quantitative estimate of drug-likeness (QED) is 0.896. The van der Waals surface area contributed by atoms with Gasteiger partial charge < -0.3 is 10.5 Å². The number of hydrogen-bond acceptors (Lipinski definition) is 2. The number of alkyl halides is 3. The molecule has 0 radical (unpaired) electrons. The lowest BCUT2D eigenvalue weighted by atomic mass is 9.71. The van der Waals surface area contributed by atoms with Crippen LogP contribution in [0.15, 0.2) is 12.1 Å². The van der Waals surface area contributed by atoms with E-state index in [-0.39, 0.29) is 16.3 Å². The fourth-order valence-electron chi connectivity index (χ4n) is 2.18. The van der Waals surface area contributed by atoms with Crippen molar-refractivity contribution in [3.8, 4) is 5.75 Å². The van der Waals surface area contributed by atoms with Gasteiger partial charge in [-0.15, -0.1) is 0 Å². The highest BCUT2D eigenvalue weighted by atomic mass is 35.5. The van der Waals surface area contributed by atoms with Crippen molar-refractivity contribution in [1.82, 2.24) is 0 Å². The Morgan fingerprint density at radius 1 is 1.33 bits per heavy atom. The summed E-state index contributed by atoms with van der Waals surface area (Å²) >= 11 is 5.89. The molecule has 1 aromatic rings. The normalized spacial score (nSPS) is 18.3. The second-order valence-corrected chi connectivity index (χ2v) is 4.95. The van der Waals surface area contributed by atoms with Crippen LogP contribution in [0.3, 0.4) is 0 Å². The van der Waals surface area contributed by atoms with Gasteiger partial charge in [0.1, 0.15) is 5.75 Å². The van der Waals surface area contributed by atoms with E-state index in [1.807, 2.05) is 0 Å². The third kappa shape index (κ3) is 2.17. The SMILES string of the molecule is COc1cc(C(F)(F)F)c(C2(N)CCC2)cc1Cl. The average Bonchev–Trinajstić information content (AvgIpc) is 2.24. The molecule has 6 heteroatoms. The lowest BCUT2D eigenvalue weighted by Crippen LogP contribution is -2.44. The molecular formula is C12H13ClF3NO. The second kappa shape index (κ2) is 4.31. The van der Waals surface area contributed by atoms with Crippen molar-refractivity contribution in [2.45, 2.75) is 31.0 Å². The molecule has 100 valence electrons. The van der Waals surface area contributed by atoms with Crippen molar-refractivity contribution in [2.75, 3.05) is 7.11 Å². The average molecular weight is 280 g/mol. The molecule has 2 rings (SSSR count). The molecule has 18 heavy (non-hydrogen) atoms. The largest absolute Gasteiger partial charge is 0.495 e. The third-order valence-electron chi connectivity index (χ3n) is 3.38. The predicted octanol–water partition coefficient (Wildman–Crippen LogP) is 3.71. The van der Waals surface area contributed by atoms with Crippen molar-refractivity contribution in [3.63, 3.8) is 0 Å². The molecule has 2 N–H and O–H groups in total. The van der Waals surface area contributed by atoms with E-state index in [0.29, 0.717) is 12.8 Å². The number of nitrogens with two attached hydrogens (primary N) is 1. The predicted molar refractivity (Wildman–Crippen MR) is 62.7 cm³/mol. The number of halogens is 4. The van der Waals surface area contributed by atoms with Gasteiger partial charge in [0, 0.05) is 5.54 Å². The van der Waals surface area contributed by atoms with Crippen LogP contribution in [0, 0.1) is 0 Å². The van der Waals surface area contributed by atoms with Crippen LogP contribution in [0.4, 0.5) is 13.2 Å². The van der Waals surface area contributed by atoms with E-state index < -0.39 is 17.3 Å². The van der Waals surface area contributed by atoms with Crippen LogP contribution in [0.2, 0.25) is 5.02 Å². The summed E-state index contributed by atoms with van der Waals surface area (Å²) in [7, 11) is 1.28. The van der Waals surface area contributed by atoms with E-state index in [9.17, 15) is 13.2 Å². The summed E-state index contributed by atoms with van der Waals surface area (Å²) < 4.78 is 43.9. The molecule has 0 aliphatic heterocycles. The molecule has 0 spiro atoms. The van der Waals surface area contributed by atoms with E-state index in [4.69, 9.17) is 22.1 Å². The van der Waals surface area contributed by atoms with E-state index in [1.54, 1.807) is 0 Å². The molecule has 0 aromatic heterocycles. The van der Waals surface area contributed by atoms with Crippen molar-refractivity contribution < 1.29 is 17.9 Å². The second-order valence-electron chi connectivity index (χ2n) is 4.54. The lowest BCUT2D eigenvalue weighted by Gasteiger charge is -2.40. The Morgan fingerprint density at radius 3 is 2.33 bits per heavy atom. The minimum atomic E-state index is -4.46. The molecule has 0 unspecified atom stereocenters. The van der Waals surface area contributed by atoms with Gasteiger partial charge in [-0.1, -0.05) is 11.6 Å². The maximum atomic E-state index is 13.0. The van der Waals surface area contributed by atoms with Gasteiger partial charge in [0.25, 0.3) is 0 Å². The van der Waals surface area contributed by atoms with Crippen LogP contribution in [-0.2, 0) is 11.7 Å². The van der Waals surface area contributed by atoms with E-state index >= 15 is 0 Å². The van der Waals surface area contributed by atoms with Crippen LogP contribution >= 0.6 is 11.6 Å². The first kappa shape index (κ1) is 13.5. The molecule has 1 aliphatic rings. The molecule has 0 amide bonds. The molecule has 2 nitrogen and oxygen atoms in total. The smallest absolute Gasteiger partial charge is 0.416 e. The zero-order chi connectivity index (χ0) is 13.6. The number of ether oxygens (including phenoxy) is 1. The molecule has 1 aromatic carbocycles. The zero-order valence-electron chi connectivity index (χ0n) is 9.77. The minimum Gasteiger partial charge on any atom is -0.495 e. The number of hydrogen-bond donors (Lipinski definition) is 1. The van der Waals surface area contributed by atoms with Crippen LogP contribution < -0.4 is 10.5 Å². The fraction of sp³-hybridized carbons (Fsp3) is 0.500. The van der Waals surface area contributed by atoms with Gasteiger partial charge >= 0.3 is 6.18 Å².